The van der Waals surface area contributed by atoms with Crippen molar-refractivity contribution in [1.29, 1.82) is 0 Å². The van der Waals surface area contributed by atoms with E-state index in [2.05, 4.69) is 0 Å². The van der Waals surface area contributed by atoms with E-state index in [1.54, 1.807) is 0 Å². The molecule has 0 amide bonds. The quantitative estimate of drug-likeness (QED) is 0.689. The highest BCUT2D eigenvalue weighted by molar-refractivity contribution is 5.48. The van der Waals surface area contributed by atoms with Crippen LogP contribution in [0.15, 0.2) is 23.8 Å². The number of rotatable bonds is 2. The normalized spacial score (nSPS) is 24.7. The van der Waals surface area contributed by atoms with Crippen molar-refractivity contribution < 1.29 is 9.90 Å². The largest absolute Gasteiger partial charge is 0.386 e. The Morgan fingerprint density at radius 1 is 1.64 bits per heavy atom. The minimum atomic E-state index is -0.598. The lowest BCUT2D eigenvalue weighted by molar-refractivity contribution is -0.107. The zero-order valence-electron chi connectivity index (χ0n) is 9.29. The first-order valence-electron chi connectivity index (χ1n) is 5.04. The first-order chi connectivity index (χ1) is 6.52. The number of allylic oxidation sites excluding steroid dienone is 2. The summed E-state index contributed by atoms with van der Waals surface area (Å²) < 4.78 is 0. The van der Waals surface area contributed by atoms with Crippen LogP contribution >= 0.6 is 0 Å². The second-order valence-electron chi connectivity index (χ2n) is 3.80. The molecule has 2 heteroatoms. The number of unbranched alkanes of at least 4 members (excludes halogenated alkanes) is 1. The van der Waals surface area contributed by atoms with E-state index in [0.29, 0.717) is 6.42 Å². The average molecular weight is 196 g/mol. The maximum absolute atomic E-state index is 9.40. The molecule has 2 nitrogen and oxygen atoms in total. The van der Waals surface area contributed by atoms with Gasteiger partial charge in [-0.3, -0.25) is 0 Å². The SMILES string of the molecule is CC1=CCC(C)(O)C=C1.CCCC=O. The molecule has 0 saturated heterocycles. The number of carbonyl (C=O) groups excluding carboxylic acids is 1. The van der Waals surface area contributed by atoms with Crippen molar-refractivity contribution in [3.63, 3.8) is 0 Å². The van der Waals surface area contributed by atoms with Crippen LogP contribution in [0.2, 0.25) is 0 Å². The number of aliphatic hydroxyl groups is 1. The van der Waals surface area contributed by atoms with E-state index in [-0.39, 0.29) is 0 Å². The molecule has 1 N–H and O–H groups in total. The zero-order valence-corrected chi connectivity index (χ0v) is 9.29. The van der Waals surface area contributed by atoms with Crippen molar-refractivity contribution in [3.8, 4) is 0 Å². The van der Waals surface area contributed by atoms with Gasteiger partial charge in [-0.1, -0.05) is 30.7 Å². The van der Waals surface area contributed by atoms with Crippen LogP contribution < -0.4 is 0 Å². The molecule has 1 rings (SSSR count). The van der Waals surface area contributed by atoms with Crippen LogP contribution in [0.4, 0.5) is 0 Å². The predicted octanol–water partition coefficient (Wildman–Crippen LogP) is 2.63. The van der Waals surface area contributed by atoms with Gasteiger partial charge in [0.15, 0.2) is 0 Å². The van der Waals surface area contributed by atoms with E-state index in [9.17, 15) is 9.90 Å². The summed E-state index contributed by atoms with van der Waals surface area (Å²) in [6.45, 7) is 5.83. The summed E-state index contributed by atoms with van der Waals surface area (Å²) in [6, 6.07) is 0. The van der Waals surface area contributed by atoms with Crippen LogP contribution in [0.3, 0.4) is 0 Å². The van der Waals surface area contributed by atoms with Gasteiger partial charge < -0.3 is 9.90 Å². The average Bonchev–Trinajstić information content (AvgIpc) is 2.13. The molecule has 80 valence electrons. The lowest BCUT2D eigenvalue weighted by Gasteiger charge is -2.19. The van der Waals surface area contributed by atoms with Crippen LogP contribution in [0, 0.1) is 0 Å². The van der Waals surface area contributed by atoms with E-state index in [4.69, 9.17) is 0 Å². The predicted molar refractivity (Wildman–Crippen MR) is 59.1 cm³/mol. The van der Waals surface area contributed by atoms with Gasteiger partial charge in [-0.25, -0.2) is 0 Å². The molecule has 1 aliphatic rings. The molecule has 1 atom stereocenters. The molecule has 1 unspecified atom stereocenters. The standard InChI is InChI=1S/C8H12O.C4H8O/c1-7-3-5-8(2,9)6-4-7;1-2-3-4-5/h3-5,9H,6H2,1-2H3;4H,2-3H2,1H3. The number of carbonyl (C=O) groups is 1. The zero-order chi connectivity index (χ0) is 11.0. The molecule has 0 heterocycles. The molecule has 0 aromatic rings. The number of hydrogen-bond acceptors (Lipinski definition) is 2. The van der Waals surface area contributed by atoms with Gasteiger partial charge in [0.05, 0.1) is 5.60 Å². The Labute approximate surface area is 86.3 Å². The highest BCUT2D eigenvalue weighted by atomic mass is 16.3. The Hall–Kier alpha value is -0.890. The van der Waals surface area contributed by atoms with Gasteiger partial charge in [0.1, 0.15) is 6.29 Å². The fourth-order valence-electron chi connectivity index (χ4n) is 0.933. The maximum atomic E-state index is 9.40. The molecular weight excluding hydrogens is 176 g/mol. The highest BCUT2D eigenvalue weighted by Gasteiger charge is 2.16. The van der Waals surface area contributed by atoms with Gasteiger partial charge in [0.2, 0.25) is 0 Å². The van der Waals surface area contributed by atoms with Crippen molar-refractivity contribution >= 4 is 6.29 Å². The van der Waals surface area contributed by atoms with E-state index < -0.39 is 5.60 Å². The Balaban J connectivity index is 0.000000292. The van der Waals surface area contributed by atoms with Gasteiger partial charge in [-0.05, 0) is 26.7 Å². The molecule has 1 aliphatic carbocycles. The minimum absolute atomic E-state index is 0.598. The van der Waals surface area contributed by atoms with Crippen molar-refractivity contribution in [1.82, 2.24) is 0 Å². The lowest BCUT2D eigenvalue weighted by Crippen LogP contribution is -2.21. The maximum Gasteiger partial charge on any atom is 0.119 e. The molecular formula is C12H20O2. The molecule has 0 radical (unpaired) electrons. The molecule has 0 bridgehead atoms. The number of aldehydes is 1. The van der Waals surface area contributed by atoms with Crippen LogP contribution in [0.1, 0.15) is 40.0 Å². The molecule has 0 saturated carbocycles. The Bertz CT molecular complexity index is 224. The van der Waals surface area contributed by atoms with Crippen molar-refractivity contribution in [2.45, 2.75) is 45.6 Å². The number of hydrogen-bond donors (Lipinski definition) is 1. The van der Waals surface area contributed by atoms with Gasteiger partial charge in [-0.15, -0.1) is 0 Å². The van der Waals surface area contributed by atoms with Gasteiger partial charge in [0, 0.05) is 6.42 Å². The first-order valence-corrected chi connectivity index (χ1v) is 5.04. The highest BCUT2D eigenvalue weighted by Crippen LogP contribution is 2.18. The Morgan fingerprint density at radius 3 is 2.50 bits per heavy atom. The lowest BCUT2D eigenvalue weighted by atomic mass is 9.95. The molecule has 14 heavy (non-hydrogen) atoms. The summed E-state index contributed by atoms with van der Waals surface area (Å²) in [5.74, 6) is 0. The van der Waals surface area contributed by atoms with Gasteiger partial charge in [-0.2, -0.15) is 0 Å². The summed E-state index contributed by atoms with van der Waals surface area (Å²) in [6.07, 6.45) is 9.19. The summed E-state index contributed by atoms with van der Waals surface area (Å²) >= 11 is 0. The monoisotopic (exact) mass is 196 g/mol. The van der Waals surface area contributed by atoms with Gasteiger partial charge >= 0.3 is 0 Å². The molecule has 0 fully saturated rings. The topological polar surface area (TPSA) is 37.3 Å². The third kappa shape index (κ3) is 6.61. The molecule has 0 aromatic heterocycles. The van der Waals surface area contributed by atoms with Crippen molar-refractivity contribution in [3.05, 3.63) is 23.8 Å². The second kappa shape index (κ2) is 6.55. The Morgan fingerprint density at radius 2 is 2.29 bits per heavy atom. The van der Waals surface area contributed by atoms with Gasteiger partial charge in [0.25, 0.3) is 0 Å². The Kier molecular flexibility index (Phi) is 6.13. The van der Waals surface area contributed by atoms with E-state index in [1.165, 1.54) is 5.57 Å². The summed E-state index contributed by atoms with van der Waals surface area (Å²) in [5.41, 5.74) is 0.640. The first kappa shape index (κ1) is 13.1. The fourth-order valence-corrected chi connectivity index (χ4v) is 0.933. The minimum Gasteiger partial charge on any atom is -0.386 e. The van der Waals surface area contributed by atoms with Crippen molar-refractivity contribution in [2.24, 2.45) is 0 Å². The molecule has 0 aromatic carbocycles. The van der Waals surface area contributed by atoms with Crippen LogP contribution in [0.5, 0.6) is 0 Å². The summed E-state index contributed by atoms with van der Waals surface area (Å²) in [5, 5.41) is 9.36. The fraction of sp³-hybridized carbons (Fsp3) is 0.583. The third-order valence-electron chi connectivity index (χ3n) is 1.95. The van der Waals surface area contributed by atoms with E-state index >= 15 is 0 Å². The summed E-state index contributed by atoms with van der Waals surface area (Å²) in [7, 11) is 0. The van der Waals surface area contributed by atoms with E-state index in [1.807, 2.05) is 39.0 Å². The van der Waals surface area contributed by atoms with E-state index in [0.717, 1.165) is 19.1 Å². The third-order valence-corrected chi connectivity index (χ3v) is 1.95. The second-order valence-corrected chi connectivity index (χ2v) is 3.80. The van der Waals surface area contributed by atoms with Crippen LogP contribution in [-0.4, -0.2) is 17.0 Å². The van der Waals surface area contributed by atoms with Crippen LogP contribution in [-0.2, 0) is 4.79 Å². The molecule has 0 spiro atoms. The van der Waals surface area contributed by atoms with Crippen molar-refractivity contribution in [2.75, 3.05) is 0 Å². The van der Waals surface area contributed by atoms with Crippen LogP contribution in [0.25, 0.3) is 0 Å². The molecule has 0 aliphatic heterocycles. The smallest absolute Gasteiger partial charge is 0.119 e. The summed E-state index contributed by atoms with van der Waals surface area (Å²) in [4.78, 5) is 9.40.